The Hall–Kier alpha value is -1.57. The zero-order chi connectivity index (χ0) is 13.3. The topological polar surface area (TPSA) is 20.3 Å². The Balaban J connectivity index is 2.24. The number of amides is 1. The maximum Gasteiger partial charge on any atom is 0.227 e. The lowest BCUT2D eigenvalue weighted by Gasteiger charge is -2.21. The Morgan fingerprint density at radius 1 is 1.39 bits per heavy atom. The van der Waals surface area contributed by atoms with E-state index in [1.165, 1.54) is 11.1 Å². The largest absolute Gasteiger partial charge is 0.312 e. The summed E-state index contributed by atoms with van der Waals surface area (Å²) in [6, 6.07) is 6.18. The molecule has 1 atom stereocenters. The molecule has 1 amide bonds. The zero-order valence-electron chi connectivity index (χ0n) is 11.5. The number of anilines is 1. The highest BCUT2D eigenvalue weighted by molar-refractivity contribution is 5.97. The molecule has 1 aliphatic heterocycles. The molecule has 1 aromatic carbocycles. The van der Waals surface area contributed by atoms with Gasteiger partial charge in [-0.2, -0.15) is 0 Å². The molecule has 1 heterocycles. The van der Waals surface area contributed by atoms with Gasteiger partial charge < -0.3 is 4.90 Å². The Morgan fingerprint density at radius 2 is 2.00 bits per heavy atom. The second-order valence-corrected chi connectivity index (χ2v) is 5.48. The maximum atomic E-state index is 12.2. The van der Waals surface area contributed by atoms with Gasteiger partial charge in [-0.3, -0.25) is 4.79 Å². The van der Waals surface area contributed by atoms with Crippen molar-refractivity contribution in [1.82, 2.24) is 0 Å². The van der Waals surface area contributed by atoms with Crippen LogP contribution in [0.4, 0.5) is 5.69 Å². The molecule has 0 aromatic heterocycles. The number of benzene rings is 1. The SMILES string of the molecule is C=C(C)C[C@H]1CC(=O)N(c2c(C)cccc2C)C1. The van der Waals surface area contributed by atoms with Crippen molar-refractivity contribution in [3.8, 4) is 0 Å². The van der Waals surface area contributed by atoms with Crippen molar-refractivity contribution in [2.24, 2.45) is 5.92 Å². The Kier molecular flexibility index (Phi) is 3.55. The predicted molar refractivity (Wildman–Crippen MR) is 75.8 cm³/mol. The fourth-order valence-corrected chi connectivity index (χ4v) is 2.86. The van der Waals surface area contributed by atoms with Crippen molar-refractivity contribution in [2.45, 2.75) is 33.6 Å². The van der Waals surface area contributed by atoms with Gasteiger partial charge in [-0.15, -0.1) is 6.58 Å². The van der Waals surface area contributed by atoms with Crippen LogP contribution < -0.4 is 4.90 Å². The van der Waals surface area contributed by atoms with Gasteiger partial charge in [0.2, 0.25) is 5.91 Å². The summed E-state index contributed by atoms with van der Waals surface area (Å²) in [6.07, 6.45) is 1.60. The number of carbonyl (C=O) groups is 1. The van der Waals surface area contributed by atoms with Crippen LogP contribution in [0.15, 0.2) is 30.4 Å². The van der Waals surface area contributed by atoms with E-state index >= 15 is 0 Å². The van der Waals surface area contributed by atoms with Gasteiger partial charge >= 0.3 is 0 Å². The van der Waals surface area contributed by atoms with Gasteiger partial charge in [-0.05, 0) is 44.2 Å². The van der Waals surface area contributed by atoms with Crippen LogP contribution in [0.1, 0.15) is 30.9 Å². The third-order valence-electron chi connectivity index (χ3n) is 3.55. The Labute approximate surface area is 109 Å². The van der Waals surface area contributed by atoms with E-state index in [9.17, 15) is 4.79 Å². The van der Waals surface area contributed by atoms with E-state index in [0.717, 1.165) is 24.2 Å². The third-order valence-corrected chi connectivity index (χ3v) is 3.55. The van der Waals surface area contributed by atoms with E-state index in [4.69, 9.17) is 0 Å². The van der Waals surface area contributed by atoms with E-state index < -0.39 is 0 Å². The maximum absolute atomic E-state index is 12.2. The molecule has 1 aromatic rings. The molecule has 96 valence electrons. The van der Waals surface area contributed by atoms with Crippen LogP contribution in [0.5, 0.6) is 0 Å². The number of allylic oxidation sites excluding steroid dienone is 1. The van der Waals surface area contributed by atoms with Crippen LogP contribution in [0.3, 0.4) is 0 Å². The lowest BCUT2D eigenvalue weighted by atomic mass is 10.0. The molecular weight excluding hydrogens is 222 g/mol. The zero-order valence-corrected chi connectivity index (χ0v) is 11.5. The van der Waals surface area contributed by atoms with Gasteiger partial charge in [0, 0.05) is 18.7 Å². The summed E-state index contributed by atoms with van der Waals surface area (Å²) in [5.74, 6) is 0.674. The van der Waals surface area contributed by atoms with Crippen molar-refractivity contribution < 1.29 is 4.79 Å². The summed E-state index contributed by atoms with van der Waals surface area (Å²) in [5.41, 5.74) is 4.63. The third kappa shape index (κ3) is 2.47. The highest BCUT2D eigenvalue weighted by Gasteiger charge is 2.31. The fourth-order valence-electron chi connectivity index (χ4n) is 2.86. The first kappa shape index (κ1) is 12.9. The molecule has 1 aliphatic rings. The molecular formula is C16H21NO. The second kappa shape index (κ2) is 4.97. The van der Waals surface area contributed by atoms with Crippen molar-refractivity contribution >= 4 is 11.6 Å². The average molecular weight is 243 g/mol. The van der Waals surface area contributed by atoms with Gasteiger partial charge in [0.15, 0.2) is 0 Å². The first-order valence-corrected chi connectivity index (χ1v) is 6.50. The second-order valence-electron chi connectivity index (χ2n) is 5.48. The number of rotatable bonds is 3. The molecule has 0 aliphatic carbocycles. The first-order valence-electron chi connectivity index (χ1n) is 6.50. The van der Waals surface area contributed by atoms with Gasteiger partial charge in [-0.25, -0.2) is 0 Å². The molecule has 0 radical (unpaired) electrons. The van der Waals surface area contributed by atoms with Crippen molar-refractivity contribution in [1.29, 1.82) is 0 Å². The van der Waals surface area contributed by atoms with Crippen molar-refractivity contribution in [3.63, 3.8) is 0 Å². The minimum atomic E-state index is 0.249. The lowest BCUT2D eigenvalue weighted by molar-refractivity contribution is -0.117. The van der Waals surface area contributed by atoms with Gasteiger partial charge in [0.1, 0.15) is 0 Å². The number of para-hydroxylation sites is 1. The smallest absolute Gasteiger partial charge is 0.227 e. The van der Waals surface area contributed by atoms with Crippen molar-refractivity contribution in [2.75, 3.05) is 11.4 Å². The summed E-state index contributed by atoms with van der Waals surface area (Å²) in [5, 5.41) is 0. The summed E-state index contributed by atoms with van der Waals surface area (Å²) in [7, 11) is 0. The fraction of sp³-hybridized carbons (Fsp3) is 0.438. The van der Waals surface area contributed by atoms with Gasteiger partial charge in [0.25, 0.3) is 0 Å². The molecule has 0 saturated carbocycles. The molecule has 2 heteroatoms. The standard InChI is InChI=1S/C16H21NO/c1-11(2)8-14-9-15(18)17(10-14)16-12(3)6-5-7-13(16)4/h5-7,14H,1,8-10H2,2-4H3/t14-/m0/s1. The molecule has 0 spiro atoms. The number of aryl methyl sites for hydroxylation is 2. The van der Waals surface area contributed by atoms with Crippen LogP contribution in [0.25, 0.3) is 0 Å². The normalized spacial score (nSPS) is 19.4. The molecule has 0 bridgehead atoms. The van der Waals surface area contributed by atoms with Gasteiger partial charge in [-0.1, -0.05) is 23.8 Å². The minimum absolute atomic E-state index is 0.249. The first-order chi connectivity index (χ1) is 8.49. The number of nitrogens with zero attached hydrogens (tertiary/aromatic N) is 1. The molecule has 2 nitrogen and oxygen atoms in total. The molecule has 0 unspecified atom stereocenters. The Morgan fingerprint density at radius 3 is 2.56 bits per heavy atom. The van der Waals surface area contributed by atoms with Crippen LogP contribution in [-0.2, 0) is 4.79 Å². The number of carbonyl (C=O) groups excluding carboxylic acids is 1. The Bertz CT molecular complexity index is 470. The van der Waals surface area contributed by atoms with E-state index in [0.29, 0.717) is 12.3 Å². The summed E-state index contributed by atoms with van der Waals surface area (Å²) >= 11 is 0. The van der Waals surface area contributed by atoms with Crippen LogP contribution >= 0.6 is 0 Å². The monoisotopic (exact) mass is 243 g/mol. The van der Waals surface area contributed by atoms with Crippen molar-refractivity contribution in [3.05, 3.63) is 41.5 Å². The van der Waals surface area contributed by atoms with Crippen LogP contribution in [-0.4, -0.2) is 12.5 Å². The molecule has 1 saturated heterocycles. The lowest BCUT2D eigenvalue weighted by Crippen LogP contribution is -2.26. The van der Waals surface area contributed by atoms with E-state index in [-0.39, 0.29) is 5.91 Å². The summed E-state index contributed by atoms with van der Waals surface area (Å²) in [6.45, 7) is 11.0. The summed E-state index contributed by atoms with van der Waals surface area (Å²) < 4.78 is 0. The minimum Gasteiger partial charge on any atom is -0.312 e. The quantitative estimate of drug-likeness (QED) is 0.742. The highest BCUT2D eigenvalue weighted by Crippen LogP contribution is 2.32. The molecule has 2 rings (SSSR count). The predicted octanol–water partition coefficient (Wildman–Crippen LogP) is 3.62. The number of hydrogen-bond donors (Lipinski definition) is 0. The molecule has 18 heavy (non-hydrogen) atoms. The average Bonchev–Trinajstić information content (AvgIpc) is 2.58. The van der Waals surface area contributed by atoms with E-state index in [1.807, 2.05) is 17.9 Å². The van der Waals surface area contributed by atoms with Crippen LogP contribution in [0, 0.1) is 19.8 Å². The van der Waals surface area contributed by atoms with E-state index in [1.54, 1.807) is 0 Å². The summed E-state index contributed by atoms with van der Waals surface area (Å²) in [4.78, 5) is 14.1. The molecule has 1 fully saturated rings. The van der Waals surface area contributed by atoms with Crippen LogP contribution in [0.2, 0.25) is 0 Å². The molecule has 0 N–H and O–H groups in total. The van der Waals surface area contributed by atoms with Gasteiger partial charge in [0.05, 0.1) is 0 Å². The number of hydrogen-bond acceptors (Lipinski definition) is 1. The highest BCUT2D eigenvalue weighted by atomic mass is 16.2. The van der Waals surface area contributed by atoms with E-state index in [2.05, 4.69) is 32.6 Å².